The van der Waals surface area contributed by atoms with E-state index in [0.29, 0.717) is 22.0 Å². The summed E-state index contributed by atoms with van der Waals surface area (Å²) in [5, 5.41) is 3.84. The van der Waals surface area contributed by atoms with Crippen LogP contribution < -0.4 is 0 Å². The van der Waals surface area contributed by atoms with Gasteiger partial charge in [0.05, 0.1) is 6.42 Å². The van der Waals surface area contributed by atoms with Crippen LogP contribution in [0.5, 0.6) is 0 Å². The summed E-state index contributed by atoms with van der Waals surface area (Å²) in [5.41, 5.74) is 1.64. The standard InChI is InChI=1S/C13H11Cl2NOS/c1-8-7-18-13(16-8)6-9(17)5-10-11(14)3-2-4-12(10)15/h2-4,7H,5-6H2,1H3. The van der Waals surface area contributed by atoms with Crippen LogP contribution in [-0.2, 0) is 17.6 Å². The highest BCUT2D eigenvalue weighted by atomic mass is 35.5. The summed E-state index contributed by atoms with van der Waals surface area (Å²) >= 11 is 13.6. The van der Waals surface area contributed by atoms with E-state index < -0.39 is 0 Å². The molecule has 0 aliphatic rings. The Morgan fingerprint density at radius 2 is 1.94 bits per heavy atom. The van der Waals surface area contributed by atoms with Crippen molar-refractivity contribution in [1.82, 2.24) is 4.98 Å². The number of carbonyl (C=O) groups is 1. The number of aryl methyl sites for hydroxylation is 1. The molecule has 0 saturated heterocycles. The number of hydrogen-bond acceptors (Lipinski definition) is 3. The number of aromatic nitrogens is 1. The van der Waals surface area contributed by atoms with Gasteiger partial charge in [0.15, 0.2) is 0 Å². The molecule has 0 bridgehead atoms. The van der Waals surface area contributed by atoms with Crippen molar-refractivity contribution in [3.8, 4) is 0 Å². The SMILES string of the molecule is Cc1csc(CC(=O)Cc2c(Cl)cccc2Cl)n1. The van der Waals surface area contributed by atoms with Gasteiger partial charge in [-0.2, -0.15) is 0 Å². The molecule has 2 nitrogen and oxygen atoms in total. The smallest absolute Gasteiger partial charge is 0.144 e. The molecular weight excluding hydrogens is 289 g/mol. The average Bonchev–Trinajstić information content (AvgIpc) is 2.69. The quantitative estimate of drug-likeness (QED) is 0.850. The predicted molar refractivity (Wildman–Crippen MR) is 75.7 cm³/mol. The Bertz CT molecular complexity index is 560. The van der Waals surface area contributed by atoms with Gasteiger partial charge < -0.3 is 0 Å². The zero-order valence-corrected chi connectivity index (χ0v) is 12.1. The minimum Gasteiger partial charge on any atom is -0.299 e. The number of halogens is 2. The van der Waals surface area contributed by atoms with Crippen LogP contribution in [0.25, 0.3) is 0 Å². The lowest BCUT2D eigenvalue weighted by Crippen LogP contribution is -2.07. The Balaban J connectivity index is 2.08. The van der Waals surface area contributed by atoms with Crippen molar-refractivity contribution < 1.29 is 4.79 Å². The number of ketones is 1. The summed E-state index contributed by atoms with van der Waals surface area (Å²) < 4.78 is 0. The minimum atomic E-state index is 0.0688. The second-order valence-electron chi connectivity index (χ2n) is 3.98. The lowest BCUT2D eigenvalue weighted by molar-refractivity contribution is -0.117. The molecule has 0 aliphatic heterocycles. The number of nitrogens with zero attached hydrogens (tertiary/aromatic N) is 1. The van der Waals surface area contributed by atoms with Crippen LogP contribution in [0.1, 0.15) is 16.3 Å². The van der Waals surface area contributed by atoms with E-state index in [9.17, 15) is 4.79 Å². The van der Waals surface area contributed by atoms with E-state index in [1.165, 1.54) is 11.3 Å². The number of hydrogen-bond donors (Lipinski definition) is 0. The summed E-state index contributed by atoms with van der Waals surface area (Å²) in [4.78, 5) is 16.2. The molecule has 1 aromatic heterocycles. The third kappa shape index (κ3) is 3.31. The first-order valence-corrected chi connectivity index (χ1v) is 7.05. The van der Waals surface area contributed by atoms with Gasteiger partial charge in [-0.1, -0.05) is 29.3 Å². The van der Waals surface area contributed by atoms with E-state index in [0.717, 1.165) is 10.7 Å². The number of Topliss-reactive ketones (excluding diaryl/α,β-unsaturated/α-hetero) is 1. The molecule has 2 rings (SSSR count). The molecule has 2 aromatic rings. The van der Waals surface area contributed by atoms with Crippen molar-refractivity contribution in [3.63, 3.8) is 0 Å². The highest BCUT2D eigenvalue weighted by Crippen LogP contribution is 2.25. The molecule has 0 radical (unpaired) electrons. The van der Waals surface area contributed by atoms with Gasteiger partial charge in [0.25, 0.3) is 0 Å². The first-order chi connectivity index (χ1) is 8.56. The Hall–Kier alpha value is -0.900. The second kappa shape index (κ2) is 5.83. The van der Waals surface area contributed by atoms with Gasteiger partial charge in [0.2, 0.25) is 0 Å². The van der Waals surface area contributed by atoms with Gasteiger partial charge >= 0.3 is 0 Å². The van der Waals surface area contributed by atoms with Crippen molar-refractivity contribution in [2.45, 2.75) is 19.8 Å². The summed E-state index contributed by atoms with van der Waals surface area (Å²) in [6.45, 7) is 1.91. The normalized spacial score (nSPS) is 10.6. The Morgan fingerprint density at radius 1 is 1.28 bits per heavy atom. The molecule has 0 aliphatic carbocycles. The maximum Gasteiger partial charge on any atom is 0.144 e. The van der Waals surface area contributed by atoms with Crippen molar-refractivity contribution in [2.24, 2.45) is 0 Å². The van der Waals surface area contributed by atoms with Crippen LogP contribution in [0.4, 0.5) is 0 Å². The second-order valence-corrected chi connectivity index (χ2v) is 5.73. The fourth-order valence-electron chi connectivity index (χ4n) is 1.61. The van der Waals surface area contributed by atoms with Crippen molar-refractivity contribution in [1.29, 1.82) is 0 Å². The molecule has 1 heterocycles. The lowest BCUT2D eigenvalue weighted by Gasteiger charge is -2.05. The van der Waals surface area contributed by atoms with Crippen LogP contribution in [0.2, 0.25) is 10.0 Å². The number of benzene rings is 1. The first kappa shape index (κ1) is 13.5. The van der Waals surface area contributed by atoms with Gasteiger partial charge in [0, 0.05) is 27.5 Å². The van der Waals surface area contributed by atoms with Crippen LogP contribution in [-0.4, -0.2) is 10.8 Å². The van der Waals surface area contributed by atoms with E-state index in [1.54, 1.807) is 18.2 Å². The monoisotopic (exact) mass is 299 g/mol. The Morgan fingerprint density at radius 3 is 2.50 bits per heavy atom. The highest BCUT2D eigenvalue weighted by molar-refractivity contribution is 7.09. The Kier molecular flexibility index (Phi) is 4.38. The van der Waals surface area contributed by atoms with Crippen LogP contribution in [0.3, 0.4) is 0 Å². The number of rotatable bonds is 4. The third-order valence-corrected chi connectivity index (χ3v) is 4.13. The van der Waals surface area contributed by atoms with Crippen molar-refractivity contribution >= 4 is 40.3 Å². The summed E-state index contributed by atoms with van der Waals surface area (Å²) in [6.07, 6.45) is 0.581. The molecule has 0 saturated carbocycles. The van der Waals surface area contributed by atoms with Gasteiger partial charge in [-0.3, -0.25) is 4.79 Å². The fraction of sp³-hybridized carbons (Fsp3) is 0.231. The maximum absolute atomic E-state index is 11.9. The molecule has 0 unspecified atom stereocenters. The van der Waals surface area contributed by atoms with Crippen molar-refractivity contribution in [2.75, 3.05) is 0 Å². The molecular formula is C13H11Cl2NOS. The van der Waals surface area contributed by atoms with Gasteiger partial charge in [-0.25, -0.2) is 4.98 Å². The summed E-state index contributed by atoms with van der Waals surface area (Å²) in [6, 6.07) is 5.25. The van der Waals surface area contributed by atoms with E-state index in [1.807, 2.05) is 12.3 Å². The lowest BCUT2D eigenvalue weighted by atomic mass is 10.1. The van der Waals surface area contributed by atoms with Crippen LogP contribution >= 0.6 is 34.5 Å². The zero-order chi connectivity index (χ0) is 13.1. The van der Waals surface area contributed by atoms with Gasteiger partial charge in [-0.05, 0) is 24.6 Å². The molecule has 0 atom stereocenters. The maximum atomic E-state index is 11.9. The van der Waals surface area contributed by atoms with Crippen LogP contribution in [0, 0.1) is 6.92 Å². The number of carbonyl (C=O) groups excluding carboxylic acids is 1. The molecule has 0 amide bonds. The molecule has 18 heavy (non-hydrogen) atoms. The first-order valence-electron chi connectivity index (χ1n) is 5.42. The van der Waals surface area contributed by atoms with Crippen molar-refractivity contribution in [3.05, 3.63) is 49.9 Å². The molecule has 0 spiro atoms. The molecule has 94 valence electrons. The largest absolute Gasteiger partial charge is 0.299 e. The fourth-order valence-corrected chi connectivity index (χ4v) is 2.94. The topological polar surface area (TPSA) is 30.0 Å². The summed E-state index contributed by atoms with van der Waals surface area (Å²) in [7, 11) is 0. The van der Waals surface area contributed by atoms with Crippen LogP contribution in [0.15, 0.2) is 23.6 Å². The zero-order valence-electron chi connectivity index (χ0n) is 9.74. The number of thiazole rings is 1. The minimum absolute atomic E-state index is 0.0688. The van der Waals surface area contributed by atoms with E-state index >= 15 is 0 Å². The van der Waals surface area contributed by atoms with Gasteiger partial charge in [-0.15, -0.1) is 11.3 Å². The van der Waals surface area contributed by atoms with Gasteiger partial charge in [0.1, 0.15) is 10.8 Å². The molecule has 0 fully saturated rings. The van der Waals surface area contributed by atoms with E-state index in [4.69, 9.17) is 23.2 Å². The van der Waals surface area contributed by atoms with E-state index in [-0.39, 0.29) is 12.2 Å². The highest BCUT2D eigenvalue weighted by Gasteiger charge is 2.12. The third-order valence-electron chi connectivity index (χ3n) is 2.45. The molecule has 1 aromatic carbocycles. The van der Waals surface area contributed by atoms with E-state index in [2.05, 4.69) is 4.98 Å². The predicted octanol–water partition coefficient (Wildman–Crippen LogP) is 4.11. The average molecular weight is 300 g/mol. The summed E-state index contributed by atoms with van der Waals surface area (Å²) in [5.74, 6) is 0.0688. The molecule has 5 heteroatoms. The molecule has 0 N–H and O–H groups in total. The Labute approximate surface area is 120 Å².